The van der Waals surface area contributed by atoms with Gasteiger partial charge in [-0.15, -0.1) is 0 Å². The fourth-order valence-electron chi connectivity index (χ4n) is 1.23. The maximum Gasteiger partial charge on any atom is 0.320 e. The Labute approximate surface area is 99.8 Å². The molecule has 96 valence electrons. The largest absolute Gasteiger partial charge is 0.468 e. The van der Waals surface area contributed by atoms with Gasteiger partial charge in [-0.05, 0) is 13.8 Å². The van der Waals surface area contributed by atoms with Gasteiger partial charge in [-0.3, -0.25) is 9.48 Å². The number of aryl methyl sites for hydroxylation is 2. The van der Waals surface area contributed by atoms with Gasteiger partial charge in [0.25, 0.3) is 0 Å². The van der Waals surface area contributed by atoms with Gasteiger partial charge in [-0.25, -0.2) is 8.42 Å². The average Bonchev–Trinajstić information content (AvgIpc) is 2.68. The molecule has 0 fully saturated rings. The van der Waals surface area contributed by atoms with Crippen molar-refractivity contribution < 1.29 is 17.9 Å². The summed E-state index contributed by atoms with van der Waals surface area (Å²) in [6.07, 6.45) is 1.43. The second-order valence-electron chi connectivity index (χ2n) is 3.34. The Morgan fingerprint density at radius 2 is 2.24 bits per heavy atom. The molecule has 0 saturated heterocycles. The molecule has 0 radical (unpaired) electrons. The third kappa shape index (κ3) is 3.27. The van der Waals surface area contributed by atoms with Crippen molar-refractivity contribution in [2.24, 2.45) is 0 Å². The Balaban J connectivity index is 2.89. The Kier molecular flexibility index (Phi) is 4.24. The molecule has 0 aliphatic carbocycles. The van der Waals surface area contributed by atoms with Crippen molar-refractivity contribution >= 4 is 16.0 Å². The minimum atomic E-state index is -3.72. The summed E-state index contributed by atoms with van der Waals surface area (Å²) in [5.41, 5.74) is 0.393. The van der Waals surface area contributed by atoms with E-state index in [2.05, 4.69) is 14.6 Å². The van der Waals surface area contributed by atoms with E-state index < -0.39 is 22.5 Å². The molecular formula is C9H15N3O4S. The number of esters is 1. The first-order valence-electron chi connectivity index (χ1n) is 5.01. The first-order valence-corrected chi connectivity index (χ1v) is 6.49. The van der Waals surface area contributed by atoms with Gasteiger partial charge in [0.1, 0.15) is 11.4 Å². The molecule has 1 heterocycles. The fourth-order valence-corrected chi connectivity index (χ4v) is 2.38. The molecule has 0 amide bonds. The van der Waals surface area contributed by atoms with Crippen LogP contribution in [0.3, 0.4) is 0 Å². The van der Waals surface area contributed by atoms with Crippen molar-refractivity contribution in [1.29, 1.82) is 0 Å². The van der Waals surface area contributed by atoms with Crippen molar-refractivity contribution in [2.75, 3.05) is 13.7 Å². The van der Waals surface area contributed by atoms with Crippen LogP contribution in [0.15, 0.2) is 11.1 Å². The maximum absolute atomic E-state index is 11.8. The van der Waals surface area contributed by atoms with Gasteiger partial charge in [0, 0.05) is 12.7 Å². The molecule has 0 aromatic carbocycles. The van der Waals surface area contributed by atoms with Gasteiger partial charge in [0.2, 0.25) is 10.0 Å². The van der Waals surface area contributed by atoms with Crippen LogP contribution in [-0.4, -0.2) is 37.8 Å². The summed E-state index contributed by atoms with van der Waals surface area (Å²) in [5.74, 6) is -0.644. The second-order valence-corrected chi connectivity index (χ2v) is 5.07. The third-order valence-corrected chi connectivity index (χ3v) is 3.65. The zero-order valence-electron chi connectivity index (χ0n) is 9.93. The van der Waals surface area contributed by atoms with E-state index in [1.54, 1.807) is 6.92 Å². The highest BCUT2D eigenvalue weighted by Gasteiger charge is 2.20. The molecular weight excluding hydrogens is 246 g/mol. The molecule has 7 nitrogen and oxygen atoms in total. The summed E-state index contributed by atoms with van der Waals surface area (Å²) in [4.78, 5) is 10.9. The fraction of sp³-hybridized carbons (Fsp3) is 0.556. The van der Waals surface area contributed by atoms with E-state index in [0.717, 1.165) is 0 Å². The van der Waals surface area contributed by atoms with Gasteiger partial charge in [0.15, 0.2) is 0 Å². The van der Waals surface area contributed by atoms with Crippen LogP contribution in [0.2, 0.25) is 0 Å². The number of nitrogens with one attached hydrogen (secondary N) is 1. The lowest BCUT2D eigenvalue weighted by molar-refractivity contribution is -0.139. The van der Waals surface area contributed by atoms with Crippen LogP contribution in [-0.2, 0) is 26.1 Å². The summed E-state index contributed by atoms with van der Waals surface area (Å²) < 4.78 is 31.7. The number of nitrogens with zero attached hydrogens (tertiary/aromatic N) is 2. The number of hydrogen-bond acceptors (Lipinski definition) is 5. The first-order chi connectivity index (χ1) is 7.90. The van der Waals surface area contributed by atoms with Crippen molar-refractivity contribution in [1.82, 2.24) is 14.5 Å². The predicted molar refractivity (Wildman–Crippen MR) is 59.8 cm³/mol. The Morgan fingerprint density at radius 3 is 2.71 bits per heavy atom. The minimum absolute atomic E-state index is 0.0725. The van der Waals surface area contributed by atoms with Crippen LogP contribution in [0.1, 0.15) is 12.6 Å². The van der Waals surface area contributed by atoms with Crippen molar-refractivity contribution in [3.05, 3.63) is 11.9 Å². The maximum atomic E-state index is 11.8. The molecule has 17 heavy (non-hydrogen) atoms. The quantitative estimate of drug-likeness (QED) is 0.732. The highest BCUT2D eigenvalue weighted by atomic mass is 32.2. The normalized spacial score (nSPS) is 11.5. The molecule has 0 saturated carbocycles. The van der Waals surface area contributed by atoms with E-state index in [4.69, 9.17) is 0 Å². The molecule has 8 heteroatoms. The van der Waals surface area contributed by atoms with Gasteiger partial charge in [0.05, 0.1) is 12.8 Å². The lowest BCUT2D eigenvalue weighted by Crippen LogP contribution is -2.30. The number of sulfonamides is 1. The van der Waals surface area contributed by atoms with E-state index in [1.807, 2.05) is 6.92 Å². The lowest BCUT2D eigenvalue weighted by atomic mass is 10.5. The molecule has 1 N–H and O–H groups in total. The van der Waals surface area contributed by atoms with Crippen LogP contribution in [0, 0.1) is 6.92 Å². The summed E-state index contributed by atoms with van der Waals surface area (Å²) in [7, 11) is -2.53. The third-order valence-electron chi connectivity index (χ3n) is 2.15. The van der Waals surface area contributed by atoms with Gasteiger partial charge < -0.3 is 4.74 Å². The van der Waals surface area contributed by atoms with E-state index >= 15 is 0 Å². The minimum Gasteiger partial charge on any atom is -0.468 e. The molecule has 0 aliphatic rings. The number of rotatable bonds is 5. The average molecular weight is 261 g/mol. The van der Waals surface area contributed by atoms with E-state index in [-0.39, 0.29) is 4.90 Å². The Hall–Kier alpha value is -1.41. The van der Waals surface area contributed by atoms with Crippen molar-refractivity contribution in [3.63, 3.8) is 0 Å². The number of ether oxygens (including phenoxy) is 1. The Bertz CT molecular complexity index is 506. The number of carbonyl (C=O) groups is 1. The van der Waals surface area contributed by atoms with Crippen molar-refractivity contribution in [3.8, 4) is 0 Å². The molecule has 1 aromatic heterocycles. The van der Waals surface area contributed by atoms with E-state index in [0.29, 0.717) is 12.2 Å². The SMILES string of the molecule is CCn1cc(S(=O)(=O)NCC(=O)OC)c(C)n1. The highest BCUT2D eigenvalue weighted by molar-refractivity contribution is 7.89. The molecule has 0 bridgehead atoms. The molecule has 1 aromatic rings. The lowest BCUT2D eigenvalue weighted by Gasteiger charge is -2.03. The molecule has 0 atom stereocenters. The summed E-state index contributed by atoms with van der Waals surface area (Å²) in [5, 5.41) is 4.02. The van der Waals surface area contributed by atoms with Crippen molar-refractivity contribution in [2.45, 2.75) is 25.3 Å². The summed E-state index contributed by atoms with van der Waals surface area (Å²) >= 11 is 0. The van der Waals surface area contributed by atoms with Gasteiger partial charge >= 0.3 is 5.97 Å². The molecule has 0 unspecified atom stereocenters. The monoisotopic (exact) mass is 261 g/mol. The Morgan fingerprint density at radius 1 is 1.59 bits per heavy atom. The topological polar surface area (TPSA) is 90.3 Å². The molecule has 0 spiro atoms. The standard InChI is InChI=1S/C9H15N3O4S/c1-4-12-6-8(7(2)11-12)17(14,15)10-5-9(13)16-3/h6,10H,4-5H2,1-3H3. The predicted octanol–water partition coefficient (Wildman–Crippen LogP) is -0.337. The van der Waals surface area contributed by atoms with Gasteiger partial charge in [-0.1, -0.05) is 0 Å². The van der Waals surface area contributed by atoms with Gasteiger partial charge in [-0.2, -0.15) is 9.82 Å². The molecule has 1 rings (SSSR count). The smallest absolute Gasteiger partial charge is 0.320 e. The second kappa shape index (κ2) is 5.28. The first kappa shape index (κ1) is 13.7. The zero-order chi connectivity index (χ0) is 13.1. The van der Waals surface area contributed by atoms with Crippen LogP contribution < -0.4 is 4.72 Å². The summed E-state index contributed by atoms with van der Waals surface area (Å²) in [6.45, 7) is 3.63. The van der Waals surface area contributed by atoms with Crippen LogP contribution in [0.25, 0.3) is 0 Å². The van der Waals surface area contributed by atoms with Crippen LogP contribution in [0.5, 0.6) is 0 Å². The number of hydrogen-bond donors (Lipinski definition) is 1. The van der Waals surface area contributed by atoms with Crippen LogP contribution >= 0.6 is 0 Å². The number of methoxy groups -OCH3 is 1. The summed E-state index contributed by atoms with van der Waals surface area (Å²) in [6, 6.07) is 0. The van der Waals surface area contributed by atoms with E-state index in [9.17, 15) is 13.2 Å². The highest BCUT2D eigenvalue weighted by Crippen LogP contribution is 2.12. The number of carbonyl (C=O) groups excluding carboxylic acids is 1. The molecule has 0 aliphatic heterocycles. The zero-order valence-corrected chi connectivity index (χ0v) is 10.7. The number of aromatic nitrogens is 2. The van der Waals surface area contributed by atoms with Crippen LogP contribution in [0.4, 0.5) is 0 Å². The van der Waals surface area contributed by atoms with E-state index in [1.165, 1.54) is 18.0 Å².